The standard InChI is InChI=1S/C25H34N2O5S2/c1-4-6-12-25(5-2)16-27-20-14-22(33-3)21(32-13-11-24(28)29)15-23(20)34(30,31,17-25)19-9-7-18(26)8-10-19/h7-11,13-15,27H,4-6,12,16-17,26H2,1-3H3,(H,28,29)(H,30,31)/b13-11+. The number of thioether (sulfide) groups is 1. The quantitative estimate of drug-likeness (QED) is 0.148. The van der Waals surface area contributed by atoms with Gasteiger partial charge >= 0.3 is 5.97 Å². The fourth-order valence-electron chi connectivity index (χ4n) is 4.50. The summed E-state index contributed by atoms with van der Waals surface area (Å²) < 4.78 is 33.1. The molecule has 3 rings (SSSR count). The van der Waals surface area contributed by atoms with Crippen LogP contribution in [0.15, 0.2) is 63.4 Å². The van der Waals surface area contributed by atoms with E-state index in [4.69, 9.17) is 15.6 Å². The number of aliphatic carboxylic acids is 1. The number of benzene rings is 2. The molecule has 0 amide bonds. The predicted molar refractivity (Wildman–Crippen MR) is 139 cm³/mol. The maximum absolute atomic E-state index is 15.1. The van der Waals surface area contributed by atoms with Crippen LogP contribution in [0.25, 0.3) is 0 Å². The number of nitrogens with two attached hydrogens (primary N) is 1. The summed E-state index contributed by atoms with van der Waals surface area (Å²) in [4.78, 5) is 12.2. The molecule has 2 aromatic rings. The van der Waals surface area contributed by atoms with Crippen molar-refractivity contribution in [2.45, 2.75) is 54.2 Å². The van der Waals surface area contributed by atoms with Crippen molar-refractivity contribution in [3.8, 4) is 5.75 Å². The summed E-state index contributed by atoms with van der Waals surface area (Å²) >= 11 is 1.42. The Morgan fingerprint density at radius 2 is 2.00 bits per heavy atom. The van der Waals surface area contributed by atoms with E-state index in [1.165, 1.54) is 11.8 Å². The number of hydrogen-bond acceptors (Lipinski definition) is 6. The third-order valence-electron chi connectivity index (χ3n) is 6.53. The molecule has 1 heterocycles. The number of hydrogen-bond donors (Lipinski definition) is 4. The first-order valence-corrected chi connectivity index (χ1v) is 14.7. The predicted octanol–water partition coefficient (Wildman–Crippen LogP) is 5.69. The molecule has 5 N–H and O–H groups in total. The van der Waals surface area contributed by atoms with Crippen molar-refractivity contribution in [1.29, 1.82) is 0 Å². The fraction of sp³-hybridized carbons (Fsp3) is 0.400. The number of fused-ring (bicyclic) bond motifs is 1. The lowest BCUT2D eigenvalue weighted by Gasteiger charge is -2.48. The first kappa shape index (κ1) is 26.1. The van der Waals surface area contributed by atoms with Crippen molar-refractivity contribution in [3.63, 3.8) is 0 Å². The Morgan fingerprint density at radius 3 is 2.59 bits per heavy atom. The third kappa shape index (κ3) is 5.11. The van der Waals surface area contributed by atoms with E-state index in [1.54, 1.807) is 30.3 Å². The molecule has 0 aromatic heterocycles. The molecule has 0 fully saturated rings. The summed E-state index contributed by atoms with van der Waals surface area (Å²) in [7, 11) is -4.62. The van der Waals surface area contributed by atoms with Gasteiger partial charge in [-0.2, -0.15) is 4.21 Å². The van der Waals surface area contributed by atoms with Gasteiger partial charge in [0, 0.05) is 23.7 Å². The number of nitrogen functional groups attached to an aromatic ring is 1. The van der Waals surface area contributed by atoms with Gasteiger partial charge < -0.3 is 20.9 Å². The zero-order valence-corrected chi connectivity index (χ0v) is 21.5. The van der Waals surface area contributed by atoms with Crippen molar-refractivity contribution < 1.29 is 23.4 Å². The second-order valence-corrected chi connectivity index (χ2v) is 13.0. The minimum Gasteiger partial charge on any atom is -0.478 e. The van der Waals surface area contributed by atoms with Gasteiger partial charge in [0.1, 0.15) is 5.75 Å². The molecular formula is C25H34N2O5S2. The van der Waals surface area contributed by atoms with Gasteiger partial charge in [-0.3, -0.25) is 4.55 Å². The van der Waals surface area contributed by atoms with Crippen molar-refractivity contribution >= 4 is 38.5 Å². The highest BCUT2D eigenvalue weighted by atomic mass is 32.3. The van der Waals surface area contributed by atoms with Crippen LogP contribution >= 0.6 is 11.8 Å². The molecule has 186 valence electrons. The molecule has 9 heteroatoms. The zero-order valence-electron chi connectivity index (χ0n) is 19.9. The van der Waals surface area contributed by atoms with E-state index in [9.17, 15) is 9.35 Å². The second-order valence-electron chi connectivity index (χ2n) is 8.84. The highest BCUT2D eigenvalue weighted by Crippen LogP contribution is 2.54. The number of carboxylic acids is 1. The number of carbonyl (C=O) groups is 1. The Balaban J connectivity index is 2.28. The molecule has 0 aliphatic carbocycles. The van der Waals surface area contributed by atoms with Crippen LogP contribution in [0, 0.1) is 5.41 Å². The van der Waals surface area contributed by atoms with E-state index >= 15 is 4.21 Å². The number of nitrogens with one attached hydrogen (secondary N) is 1. The highest BCUT2D eigenvalue weighted by molar-refractivity contribution is 8.15. The summed E-state index contributed by atoms with van der Waals surface area (Å²) in [5, 5.41) is 12.4. The Bertz CT molecular complexity index is 1150. The van der Waals surface area contributed by atoms with Gasteiger partial charge in [0.25, 0.3) is 0 Å². The smallest absolute Gasteiger partial charge is 0.331 e. The molecule has 0 spiro atoms. The number of unbranched alkanes of at least 4 members (excludes halogenated alkanes) is 1. The van der Waals surface area contributed by atoms with Crippen molar-refractivity contribution in [1.82, 2.24) is 0 Å². The average molecular weight is 507 g/mol. The van der Waals surface area contributed by atoms with Gasteiger partial charge in [-0.15, -0.1) is 21.1 Å². The van der Waals surface area contributed by atoms with Gasteiger partial charge in [0.15, 0.2) is 0 Å². The molecule has 7 nitrogen and oxygen atoms in total. The topological polar surface area (TPSA) is 122 Å². The Labute approximate surface area is 205 Å². The van der Waals surface area contributed by atoms with Gasteiger partial charge in [-0.25, -0.2) is 4.79 Å². The first-order chi connectivity index (χ1) is 16.1. The Hall–Kier alpha value is -2.49. The number of carboxylic acid groups (broad SMARTS) is 1. The molecule has 0 saturated heterocycles. The maximum atomic E-state index is 15.1. The normalized spacial score (nSPS) is 22.1. The second kappa shape index (κ2) is 10.0. The summed E-state index contributed by atoms with van der Waals surface area (Å²) in [5.41, 5.74) is 6.60. The minimum atomic E-state index is -4.62. The monoisotopic (exact) mass is 506 g/mol. The molecule has 1 atom stereocenters. The highest BCUT2D eigenvalue weighted by Gasteiger charge is 2.46. The van der Waals surface area contributed by atoms with Crippen molar-refractivity contribution in [2.75, 3.05) is 29.6 Å². The van der Waals surface area contributed by atoms with Crippen LogP contribution in [-0.2, 0) is 14.1 Å². The molecule has 34 heavy (non-hydrogen) atoms. The lowest BCUT2D eigenvalue weighted by atomic mass is 9.82. The fourth-order valence-corrected chi connectivity index (χ4v) is 8.84. The van der Waals surface area contributed by atoms with Crippen molar-refractivity contribution in [2.24, 2.45) is 5.41 Å². The SMILES string of the molecule is CCCCC1(CC)CNc2cc(SC)c(O/C=C/C(=O)O)cc2S(=O)(O)(c2ccc(N)cc2)C1. The van der Waals surface area contributed by atoms with E-state index in [1.807, 2.05) is 12.3 Å². The molecule has 1 aliphatic rings. The zero-order chi connectivity index (χ0) is 25.0. The number of ether oxygens (including phenoxy) is 1. The average Bonchev–Trinajstić information content (AvgIpc) is 2.90. The molecule has 0 bridgehead atoms. The molecule has 1 unspecified atom stereocenters. The lowest BCUT2D eigenvalue weighted by Crippen LogP contribution is -2.45. The van der Waals surface area contributed by atoms with E-state index in [2.05, 4.69) is 19.2 Å². The third-order valence-corrected chi connectivity index (χ3v) is 10.9. The van der Waals surface area contributed by atoms with E-state index in [-0.39, 0.29) is 10.6 Å². The van der Waals surface area contributed by atoms with E-state index < -0.39 is 20.7 Å². The molecule has 2 aromatic carbocycles. The van der Waals surface area contributed by atoms with Crippen LogP contribution in [0.1, 0.15) is 39.5 Å². The summed E-state index contributed by atoms with van der Waals surface area (Å²) in [6.07, 6.45) is 7.36. The molecule has 0 saturated carbocycles. The van der Waals surface area contributed by atoms with E-state index in [0.717, 1.165) is 42.9 Å². The van der Waals surface area contributed by atoms with Gasteiger partial charge in [-0.1, -0.05) is 26.7 Å². The maximum Gasteiger partial charge on any atom is 0.331 e. The van der Waals surface area contributed by atoms with Gasteiger partial charge in [-0.05, 0) is 49.4 Å². The summed E-state index contributed by atoms with van der Waals surface area (Å²) in [5.74, 6) is -0.739. The summed E-state index contributed by atoms with van der Waals surface area (Å²) in [6.45, 7) is 4.77. The number of rotatable bonds is 9. The Morgan fingerprint density at radius 1 is 1.29 bits per heavy atom. The molecular weight excluding hydrogens is 472 g/mol. The van der Waals surface area contributed by atoms with Crippen LogP contribution in [0.4, 0.5) is 11.4 Å². The van der Waals surface area contributed by atoms with Crippen molar-refractivity contribution in [3.05, 3.63) is 48.7 Å². The molecule has 1 aliphatic heterocycles. The minimum absolute atomic E-state index is 0.0770. The van der Waals surface area contributed by atoms with Crippen LogP contribution in [-0.4, -0.2) is 38.4 Å². The van der Waals surface area contributed by atoms with Crippen LogP contribution in [0.3, 0.4) is 0 Å². The van der Waals surface area contributed by atoms with Crippen LogP contribution in [0.2, 0.25) is 0 Å². The van der Waals surface area contributed by atoms with E-state index in [0.29, 0.717) is 28.6 Å². The van der Waals surface area contributed by atoms with Gasteiger partial charge in [0.2, 0.25) is 0 Å². The summed E-state index contributed by atoms with van der Waals surface area (Å²) in [6, 6.07) is 9.95. The van der Waals surface area contributed by atoms with Gasteiger partial charge in [0.05, 0.1) is 38.5 Å². The number of anilines is 2. The van der Waals surface area contributed by atoms with Crippen LogP contribution < -0.4 is 15.8 Å². The van der Waals surface area contributed by atoms with Crippen LogP contribution in [0.5, 0.6) is 5.75 Å². The lowest BCUT2D eigenvalue weighted by molar-refractivity contribution is -0.131. The first-order valence-electron chi connectivity index (χ1n) is 11.3. The largest absolute Gasteiger partial charge is 0.478 e. The molecule has 0 radical (unpaired) electrons. The Kier molecular flexibility index (Phi) is 7.69.